The average Bonchev–Trinajstić information content (AvgIpc) is 3.17. The summed E-state index contributed by atoms with van der Waals surface area (Å²) in [6.45, 7) is 11.8. The molecule has 0 radical (unpaired) electrons. The molecule has 3 atom stereocenters. The van der Waals surface area contributed by atoms with E-state index in [1.54, 1.807) is 12.4 Å². The fourth-order valence-corrected chi connectivity index (χ4v) is 4.36. The van der Waals surface area contributed by atoms with Crippen LogP contribution < -0.4 is 5.32 Å². The summed E-state index contributed by atoms with van der Waals surface area (Å²) in [5.74, 6) is 2.05. The van der Waals surface area contributed by atoms with Crippen LogP contribution in [0.25, 0.3) is 22.6 Å². The third kappa shape index (κ3) is 4.80. The van der Waals surface area contributed by atoms with Crippen LogP contribution in [0.2, 0.25) is 0 Å². The van der Waals surface area contributed by atoms with Crippen LogP contribution in [0.4, 0.5) is 5.82 Å². The van der Waals surface area contributed by atoms with Gasteiger partial charge in [0.2, 0.25) is 5.91 Å². The van der Waals surface area contributed by atoms with E-state index in [-0.39, 0.29) is 18.1 Å². The molecule has 0 aromatic carbocycles. The lowest BCUT2D eigenvalue weighted by atomic mass is 10.1. The van der Waals surface area contributed by atoms with Crippen LogP contribution in [0.15, 0.2) is 18.7 Å². The fraction of sp³-hybridized carbons (Fsp3) is 0.565. The number of nitrogens with one attached hydrogen (secondary N) is 1. The number of aryl methyl sites for hydroxylation is 2. The number of carbonyl (C=O) groups is 1. The Hall–Kier alpha value is -3.14. The van der Waals surface area contributed by atoms with Gasteiger partial charge in [-0.3, -0.25) is 4.79 Å². The third-order valence-electron chi connectivity index (χ3n) is 5.81. The lowest BCUT2D eigenvalue weighted by molar-refractivity contribution is -0.144. The molecule has 33 heavy (non-hydrogen) atoms. The van der Waals surface area contributed by atoms with Gasteiger partial charge in [-0.05, 0) is 34.1 Å². The van der Waals surface area contributed by atoms with Gasteiger partial charge in [-0.25, -0.2) is 24.9 Å². The Morgan fingerprint density at radius 1 is 1.15 bits per heavy atom. The molecule has 10 nitrogen and oxygen atoms in total. The van der Waals surface area contributed by atoms with Crippen molar-refractivity contribution in [1.29, 1.82) is 0 Å². The predicted molar refractivity (Wildman–Crippen MR) is 126 cm³/mol. The highest BCUT2D eigenvalue weighted by Crippen LogP contribution is 2.27. The number of hydrogen-bond acceptors (Lipinski definition) is 8. The van der Waals surface area contributed by atoms with Crippen LogP contribution in [0.1, 0.15) is 46.4 Å². The highest BCUT2D eigenvalue weighted by molar-refractivity contribution is 5.90. The average molecular weight is 453 g/mol. The highest BCUT2D eigenvalue weighted by Gasteiger charge is 2.31. The molecule has 1 amide bonds. The van der Waals surface area contributed by atoms with Crippen LogP contribution in [0, 0.1) is 6.92 Å². The van der Waals surface area contributed by atoms with Crippen molar-refractivity contribution in [3.05, 3.63) is 24.5 Å². The van der Waals surface area contributed by atoms with E-state index in [4.69, 9.17) is 9.72 Å². The molecule has 176 valence electrons. The molecule has 0 aliphatic carbocycles. The number of fused-ring (bicyclic) bond motifs is 1. The van der Waals surface area contributed by atoms with E-state index >= 15 is 0 Å². The largest absolute Gasteiger partial charge is 0.372 e. The van der Waals surface area contributed by atoms with Gasteiger partial charge in [-0.2, -0.15) is 0 Å². The van der Waals surface area contributed by atoms with Crippen molar-refractivity contribution in [1.82, 2.24) is 34.4 Å². The van der Waals surface area contributed by atoms with Gasteiger partial charge in [0, 0.05) is 32.0 Å². The molecule has 0 spiro atoms. The molecule has 3 aromatic rings. The first-order chi connectivity index (χ1) is 15.9. The van der Waals surface area contributed by atoms with Gasteiger partial charge in [0.05, 0.1) is 17.8 Å². The van der Waals surface area contributed by atoms with Crippen LogP contribution in [0.5, 0.6) is 0 Å². The van der Waals surface area contributed by atoms with E-state index in [1.807, 2.05) is 37.2 Å². The zero-order valence-electron chi connectivity index (χ0n) is 19.9. The number of rotatable bonds is 7. The summed E-state index contributed by atoms with van der Waals surface area (Å²) in [5, 5.41) is 3.38. The number of morpholine rings is 1. The highest BCUT2D eigenvalue weighted by atomic mass is 16.5. The maximum Gasteiger partial charge on any atom is 0.245 e. The van der Waals surface area contributed by atoms with E-state index < -0.39 is 6.04 Å². The fourth-order valence-electron chi connectivity index (χ4n) is 4.36. The lowest BCUT2D eigenvalue weighted by Gasteiger charge is -2.37. The number of imidazole rings is 1. The van der Waals surface area contributed by atoms with Crippen molar-refractivity contribution in [3.8, 4) is 11.4 Å². The van der Waals surface area contributed by atoms with Crippen molar-refractivity contribution in [2.75, 3.05) is 18.4 Å². The number of hydrogen-bond donors (Lipinski definition) is 1. The molecular weight excluding hydrogens is 420 g/mol. The van der Waals surface area contributed by atoms with Gasteiger partial charge < -0.3 is 19.5 Å². The Morgan fingerprint density at radius 2 is 1.85 bits per heavy atom. The maximum atomic E-state index is 13.4. The molecule has 1 saturated heterocycles. The molecule has 3 aromatic heterocycles. The predicted octanol–water partition coefficient (Wildman–Crippen LogP) is 2.83. The van der Waals surface area contributed by atoms with E-state index in [0.717, 1.165) is 17.8 Å². The summed E-state index contributed by atoms with van der Waals surface area (Å²) >= 11 is 0. The number of aromatic nitrogens is 6. The summed E-state index contributed by atoms with van der Waals surface area (Å²) < 4.78 is 7.81. The van der Waals surface area contributed by atoms with Crippen molar-refractivity contribution in [3.63, 3.8) is 0 Å². The minimum Gasteiger partial charge on any atom is -0.372 e. The van der Waals surface area contributed by atoms with E-state index in [2.05, 4.69) is 32.2 Å². The molecule has 0 saturated carbocycles. The third-order valence-corrected chi connectivity index (χ3v) is 5.81. The number of carbonyl (C=O) groups excluding carboxylic acids is 1. The smallest absolute Gasteiger partial charge is 0.245 e. The van der Waals surface area contributed by atoms with Crippen LogP contribution in [-0.2, 0) is 16.1 Å². The quantitative estimate of drug-likeness (QED) is 0.583. The summed E-state index contributed by atoms with van der Waals surface area (Å²) in [6, 6.07) is -0.400. The number of ether oxygens (including phenoxy) is 1. The molecule has 0 unspecified atom stereocenters. The summed E-state index contributed by atoms with van der Waals surface area (Å²) in [6.07, 6.45) is 6.64. The van der Waals surface area contributed by atoms with E-state index in [9.17, 15) is 4.79 Å². The maximum absolute atomic E-state index is 13.4. The van der Waals surface area contributed by atoms with E-state index in [1.165, 1.54) is 6.33 Å². The molecule has 4 rings (SSSR count). The van der Waals surface area contributed by atoms with E-state index in [0.29, 0.717) is 48.9 Å². The SMILES string of the molecule is CCC[C@@H](Nc1ncnc2c1nc(-c1cnc(C)nc1)n2CC)C(=O)N1C[C@@H](C)O[C@@H](C)C1. The van der Waals surface area contributed by atoms with Crippen molar-refractivity contribution in [2.24, 2.45) is 0 Å². The number of anilines is 1. The second-order valence-corrected chi connectivity index (χ2v) is 8.58. The lowest BCUT2D eigenvalue weighted by Crippen LogP contribution is -2.52. The van der Waals surface area contributed by atoms with Crippen molar-refractivity contribution in [2.45, 2.75) is 72.3 Å². The molecule has 1 aliphatic heterocycles. The van der Waals surface area contributed by atoms with Crippen molar-refractivity contribution >= 4 is 22.9 Å². The molecule has 10 heteroatoms. The first-order valence-electron chi connectivity index (χ1n) is 11.6. The minimum atomic E-state index is -0.400. The summed E-state index contributed by atoms with van der Waals surface area (Å²) in [7, 11) is 0. The molecule has 4 heterocycles. The number of amides is 1. The Balaban J connectivity index is 1.68. The van der Waals surface area contributed by atoms with Gasteiger partial charge in [0.1, 0.15) is 24.0 Å². The molecular formula is C23H32N8O2. The molecule has 1 N–H and O–H groups in total. The Kier molecular flexibility index (Phi) is 6.83. The zero-order chi connectivity index (χ0) is 23.5. The normalized spacial score (nSPS) is 19.6. The van der Waals surface area contributed by atoms with Gasteiger partial charge in [0.15, 0.2) is 17.0 Å². The first-order valence-corrected chi connectivity index (χ1v) is 11.6. The van der Waals surface area contributed by atoms with Crippen LogP contribution >= 0.6 is 0 Å². The van der Waals surface area contributed by atoms with Gasteiger partial charge in [-0.15, -0.1) is 0 Å². The first kappa shape index (κ1) is 23.0. The van der Waals surface area contributed by atoms with Gasteiger partial charge in [-0.1, -0.05) is 13.3 Å². The number of nitrogens with zero attached hydrogens (tertiary/aromatic N) is 7. The molecule has 1 fully saturated rings. The summed E-state index contributed by atoms with van der Waals surface area (Å²) in [4.78, 5) is 37.7. The van der Waals surface area contributed by atoms with Crippen LogP contribution in [0.3, 0.4) is 0 Å². The topological polar surface area (TPSA) is 111 Å². The standard InChI is InChI=1S/C23H32N8O2/c1-6-8-18(23(32)30-11-14(3)33-15(4)12-30)28-20-19-22(27-13-26-20)31(7-2)21(29-19)17-9-24-16(5)25-10-17/h9-10,13-15,18H,6-8,11-12H2,1-5H3,(H,26,27,28)/t14-,15+,18-/m1/s1. The Labute approximate surface area is 193 Å². The molecule has 0 bridgehead atoms. The molecule has 1 aliphatic rings. The van der Waals surface area contributed by atoms with Gasteiger partial charge >= 0.3 is 0 Å². The minimum absolute atomic E-state index is 0.0188. The zero-order valence-corrected chi connectivity index (χ0v) is 19.9. The Bertz CT molecular complexity index is 1100. The van der Waals surface area contributed by atoms with Crippen molar-refractivity contribution < 1.29 is 9.53 Å². The van der Waals surface area contributed by atoms with Gasteiger partial charge in [0.25, 0.3) is 0 Å². The second kappa shape index (κ2) is 9.78. The Morgan fingerprint density at radius 3 is 2.48 bits per heavy atom. The monoisotopic (exact) mass is 452 g/mol. The second-order valence-electron chi connectivity index (χ2n) is 8.58. The van der Waals surface area contributed by atoms with Crippen LogP contribution in [-0.4, -0.2) is 71.6 Å². The summed E-state index contributed by atoms with van der Waals surface area (Å²) in [5.41, 5.74) is 2.15.